The van der Waals surface area contributed by atoms with Crippen LogP contribution in [0.25, 0.3) is 0 Å². The average molecular weight is 246 g/mol. The van der Waals surface area contributed by atoms with Gasteiger partial charge < -0.3 is 15.3 Å². The Morgan fingerprint density at radius 1 is 1.44 bits per heavy atom. The number of nitrogens with zero attached hydrogens (tertiary/aromatic N) is 1. The van der Waals surface area contributed by atoms with Gasteiger partial charge in [-0.05, 0) is 19.1 Å². The van der Waals surface area contributed by atoms with Crippen LogP contribution in [0.15, 0.2) is 29.5 Å². The van der Waals surface area contributed by atoms with E-state index in [0.717, 1.165) is 11.4 Å². The third-order valence-electron chi connectivity index (χ3n) is 2.53. The second-order valence-corrected chi connectivity index (χ2v) is 3.97. The van der Waals surface area contributed by atoms with Gasteiger partial charge in [-0.2, -0.15) is 0 Å². The van der Waals surface area contributed by atoms with Crippen molar-refractivity contribution in [2.75, 3.05) is 6.54 Å². The number of aromatic amines is 2. The van der Waals surface area contributed by atoms with Gasteiger partial charge in [0.2, 0.25) is 0 Å². The van der Waals surface area contributed by atoms with E-state index in [4.69, 9.17) is 0 Å². The number of carbonyl (C=O) groups is 1. The summed E-state index contributed by atoms with van der Waals surface area (Å²) in [5, 5.41) is 2.69. The van der Waals surface area contributed by atoms with Crippen LogP contribution in [0.4, 0.5) is 0 Å². The number of rotatable bonds is 4. The third kappa shape index (κ3) is 2.85. The molecule has 0 atom stereocenters. The lowest BCUT2D eigenvalue weighted by Gasteiger charge is -2.03. The standard InChI is InChI=1S/C12H14N4O2/c1-8-2-3-10(12(18)16-8)11(17)14-5-4-9-6-13-7-15-9/h2-3,6-7H,4-5H2,1H3,(H,13,15)(H,14,17)(H,16,18). The van der Waals surface area contributed by atoms with Gasteiger partial charge in [-0.3, -0.25) is 9.59 Å². The number of nitrogens with one attached hydrogen (secondary N) is 3. The number of pyridine rings is 1. The minimum atomic E-state index is -0.367. The average Bonchev–Trinajstić information content (AvgIpc) is 2.81. The van der Waals surface area contributed by atoms with Crippen molar-refractivity contribution in [3.05, 3.63) is 52.0 Å². The molecule has 0 bridgehead atoms. The van der Waals surface area contributed by atoms with Gasteiger partial charge in [0.05, 0.1) is 6.33 Å². The molecule has 6 nitrogen and oxygen atoms in total. The number of hydrogen-bond donors (Lipinski definition) is 3. The number of H-pyrrole nitrogens is 2. The van der Waals surface area contributed by atoms with E-state index >= 15 is 0 Å². The fraction of sp³-hybridized carbons (Fsp3) is 0.250. The molecular formula is C12H14N4O2. The molecule has 0 aliphatic carbocycles. The van der Waals surface area contributed by atoms with Crippen molar-refractivity contribution in [2.45, 2.75) is 13.3 Å². The van der Waals surface area contributed by atoms with Crippen LogP contribution in [0.3, 0.4) is 0 Å². The molecule has 2 heterocycles. The molecule has 2 rings (SSSR count). The molecule has 6 heteroatoms. The van der Waals surface area contributed by atoms with Gasteiger partial charge in [-0.25, -0.2) is 4.98 Å². The fourth-order valence-electron chi connectivity index (χ4n) is 1.58. The zero-order valence-corrected chi connectivity index (χ0v) is 9.99. The largest absolute Gasteiger partial charge is 0.351 e. The first-order chi connectivity index (χ1) is 8.66. The van der Waals surface area contributed by atoms with Gasteiger partial charge in [0.1, 0.15) is 5.56 Å². The monoisotopic (exact) mass is 246 g/mol. The zero-order valence-electron chi connectivity index (χ0n) is 9.99. The first-order valence-electron chi connectivity index (χ1n) is 5.62. The molecule has 0 aromatic carbocycles. The Labute approximate surface area is 103 Å². The molecule has 18 heavy (non-hydrogen) atoms. The number of aromatic nitrogens is 3. The van der Waals surface area contributed by atoms with Gasteiger partial charge in [0.15, 0.2) is 0 Å². The van der Waals surface area contributed by atoms with Crippen molar-refractivity contribution < 1.29 is 4.79 Å². The lowest BCUT2D eigenvalue weighted by molar-refractivity contribution is 0.0952. The van der Waals surface area contributed by atoms with Crippen LogP contribution in [0.2, 0.25) is 0 Å². The summed E-state index contributed by atoms with van der Waals surface area (Å²) in [5.74, 6) is -0.365. The van der Waals surface area contributed by atoms with Gasteiger partial charge in [-0.15, -0.1) is 0 Å². The molecule has 0 spiro atoms. The van der Waals surface area contributed by atoms with E-state index in [2.05, 4.69) is 20.3 Å². The summed E-state index contributed by atoms with van der Waals surface area (Å²) in [7, 11) is 0. The van der Waals surface area contributed by atoms with Crippen LogP contribution in [0, 0.1) is 6.92 Å². The number of aryl methyl sites for hydroxylation is 1. The normalized spacial score (nSPS) is 10.3. The summed E-state index contributed by atoms with van der Waals surface area (Å²) >= 11 is 0. The summed E-state index contributed by atoms with van der Waals surface area (Å²) in [6, 6.07) is 3.23. The Balaban J connectivity index is 1.93. The molecule has 1 amide bonds. The molecule has 3 N–H and O–H groups in total. The molecule has 0 radical (unpaired) electrons. The first-order valence-corrected chi connectivity index (χ1v) is 5.62. The Morgan fingerprint density at radius 2 is 2.28 bits per heavy atom. The molecule has 0 aliphatic heterocycles. The fourth-order valence-corrected chi connectivity index (χ4v) is 1.58. The third-order valence-corrected chi connectivity index (χ3v) is 2.53. The molecule has 94 valence electrons. The van der Waals surface area contributed by atoms with E-state index in [-0.39, 0.29) is 17.0 Å². The van der Waals surface area contributed by atoms with Gasteiger partial charge >= 0.3 is 0 Å². The molecule has 2 aromatic heterocycles. The Bertz CT molecular complexity index is 586. The van der Waals surface area contributed by atoms with Crippen molar-refractivity contribution >= 4 is 5.91 Å². The van der Waals surface area contributed by atoms with E-state index in [9.17, 15) is 9.59 Å². The predicted octanol–water partition coefficient (Wildman–Crippen LogP) is 0.379. The lowest BCUT2D eigenvalue weighted by atomic mass is 10.2. The van der Waals surface area contributed by atoms with Crippen LogP contribution in [-0.2, 0) is 6.42 Å². The van der Waals surface area contributed by atoms with Crippen molar-refractivity contribution in [3.8, 4) is 0 Å². The summed E-state index contributed by atoms with van der Waals surface area (Å²) in [6.45, 7) is 2.22. The SMILES string of the molecule is Cc1ccc(C(=O)NCCc2cnc[nH]2)c(=O)[nH]1. The van der Waals surface area contributed by atoms with Crippen molar-refractivity contribution in [1.29, 1.82) is 0 Å². The van der Waals surface area contributed by atoms with E-state index < -0.39 is 0 Å². The Hall–Kier alpha value is -2.37. The molecule has 2 aromatic rings. The van der Waals surface area contributed by atoms with Crippen LogP contribution in [0.5, 0.6) is 0 Å². The number of carbonyl (C=O) groups excluding carboxylic acids is 1. The highest BCUT2D eigenvalue weighted by Gasteiger charge is 2.09. The molecule has 0 aliphatic rings. The van der Waals surface area contributed by atoms with Crippen LogP contribution >= 0.6 is 0 Å². The number of hydrogen-bond acceptors (Lipinski definition) is 3. The first kappa shape index (κ1) is 12.1. The quantitative estimate of drug-likeness (QED) is 0.728. The Morgan fingerprint density at radius 3 is 2.94 bits per heavy atom. The maximum absolute atomic E-state index is 11.7. The van der Waals surface area contributed by atoms with Gasteiger partial charge in [0, 0.05) is 30.6 Å². The van der Waals surface area contributed by atoms with Gasteiger partial charge in [0.25, 0.3) is 11.5 Å². The summed E-state index contributed by atoms with van der Waals surface area (Å²) in [4.78, 5) is 32.7. The number of amides is 1. The zero-order chi connectivity index (χ0) is 13.0. The molecule has 0 saturated heterocycles. The van der Waals surface area contributed by atoms with Crippen molar-refractivity contribution in [3.63, 3.8) is 0 Å². The maximum Gasteiger partial charge on any atom is 0.260 e. The van der Waals surface area contributed by atoms with E-state index in [1.165, 1.54) is 6.07 Å². The minimum Gasteiger partial charge on any atom is -0.351 e. The summed E-state index contributed by atoms with van der Waals surface area (Å²) in [6.07, 6.45) is 3.93. The number of imidazole rings is 1. The second kappa shape index (κ2) is 5.31. The highest BCUT2D eigenvalue weighted by atomic mass is 16.2. The minimum absolute atomic E-state index is 0.130. The van der Waals surface area contributed by atoms with Crippen LogP contribution < -0.4 is 10.9 Å². The van der Waals surface area contributed by atoms with Crippen LogP contribution in [-0.4, -0.2) is 27.4 Å². The predicted molar refractivity (Wildman–Crippen MR) is 66.4 cm³/mol. The molecule has 0 saturated carbocycles. The van der Waals surface area contributed by atoms with E-state index in [1.54, 1.807) is 25.5 Å². The maximum atomic E-state index is 11.7. The lowest BCUT2D eigenvalue weighted by Crippen LogP contribution is -2.31. The molecule has 0 unspecified atom stereocenters. The summed E-state index contributed by atoms with van der Waals surface area (Å²) < 4.78 is 0. The summed E-state index contributed by atoms with van der Waals surface area (Å²) in [5.41, 5.74) is 1.43. The van der Waals surface area contributed by atoms with Crippen molar-refractivity contribution in [1.82, 2.24) is 20.3 Å². The second-order valence-electron chi connectivity index (χ2n) is 3.97. The van der Waals surface area contributed by atoms with Crippen molar-refractivity contribution in [2.24, 2.45) is 0 Å². The highest BCUT2D eigenvalue weighted by Crippen LogP contribution is 1.95. The molecular weight excluding hydrogens is 232 g/mol. The van der Waals surface area contributed by atoms with E-state index in [0.29, 0.717) is 13.0 Å². The van der Waals surface area contributed by atoms with E-state index in [1.807, 2.05) is 0 Å². The topological polar surface area (TPSA) is 90.6 Å². The smallest absolute Gasteiger partial charge is 0.260 e. The highest BCUT2D eigenvalue weighted by molar-refractivity contribution is 5.93. The van der Waals surface area contributed by atoms with Crippen LogP contribution in [0.1, 0.15) is 21.7 Å². The Kier molecular flexibility index (Phi) is 3.57. The molecule has 0 fully saturated rings. The van der Waals surface area contributed by atoms with Gasteiger partial charge in [-0.1, -0.05) is 0 Å².